The Bertz CT molecular complexity index is 1280. The van der Waals surface area contributed by atoms with E-state index in [1.807, 2.05) is 50.2 Å². The van der Waals surface area contributed by atoms with Crippen LogP contribution < -0.4 is 4.74 Å². The number of carbonyl (C=O) groups is 2. The van der Waals surface area contributed by atoms with Gasteiger partial charge in [0, 0.05) is 29.6 Å². The third-order valence-electron chi connectivity index (χ3n) is 5.81. The van der Waals surface area contributed by atoms with Crippen LogP contribution in [0.4, 0.5) is 0 Å². The van der Waals surface area contributed by atoms with Crippen molar-refractivity contribution in [2.75, 3.05) is 34.3 Å². The highest BCUT2D eigenvalue weighted by Gasteiger charge is 2.44. The van der Waals surface area contributed by atoms with Gasteiger partial charge in [0.05, 0.1) is 18.7 Å². The number of aliphatic hydroxyl groups excluding tert-OH is 1. The summed E-state index contributed by atoms with van der Waals surface area (Å²) in [6.45, 7) is 2.83. The van der Waals surface area contributed by atoms with E-state index in [9.17, 15) is 14.7 Å². The molecular weight excluding hydrogens is 444 g/mol. The van der Waals surface area contributed by atoms with Crippen molar-refractivity contribution in [3.8, 4) is 5.75 Å². The first kappa shape index (κ1) is 22.9. The molecule has 0 saturated heterocycles. The van der Waals surface area contributed by atoms with E-state index in [0.29, 0.717) is 34.8 Å². The summed E-state index contributed by atoms with van der Waals surface area (Å²) in [6.07, 6.45) is 0. The largest absolute Gasteiger partial charge is 0.503 e. The van der Waals surface area contributed by atoms with Crippen LogP contribution in [0.15, 0.2) is 58.2 Å². The van der Waals surface area contributed by atoms with Crippen molar-refractivity contribution in [3.63, 3.8) is 0 Å². The fraction of sp³-hybridized carbons (Fsp3) is 0.280. The van der Waals surface area contributed by atoms with Gasteiger partial charge in [-0.2, -0.15) is 0 Å². The first-order valence-electron chi connectivity index (χ1n) is 10.5. The van der Waals surface area contributed by atoms with E-state index in [0.717, 1.165) is 11.1 Å². The van der Waals surface area contributed by atoms with Crippen molar-refractivity contribution in [2.24, 2.45) is 0 Å². The van der Waals surface area contributed by atoms with Crippen molar-refractivity contribution in [2.45, 2.75) is 13.0 Å². The van der Waals surface area contributed by atoms with E-state index in [1.54, 1.807) is 18.2 Å². The van der Waals surface area contributed by atoms with Crippen molar-refractivity contribution >= 4 is 34.3 Å². The van der Waals surface area contributed by atoms with Gasteiger partial charge in [-0.25, -0.2) is 0 Å². The average molecular weight is 469 g/mol. The van der Waals surface area contributed by atoms with Gasteiger partial charge in [-0.15, -0.1) is 0 Å². The minimum atomic E-state index is -0.732. The van der Waals surface area contributed by atoms with Gasteiger partial charge in [0.2, 0.25) is 5.78 Å². The minimum absolute atomic E-state index is 0.00261. The van der Waals surface area contributed by atoms with Crippen LogP contribution in [0.5, 0.6) is 5.75 Å². The van der Waals surface area contributed by atoms with Gasteiger partial charge in [0.25, 0.3) is 5.91 Å². The summed E-state index contributed by atoms with van der Waals surface area (Å²) in [5.41, 5.74) is 2.04. The lowest BCUT2D eigenvalue weighted by Crippen LogP contribution is -2.36. The van der Waals surface area contributed by atoms with Crippen molar-refractivity contribution < 1.29 is 23.8 Å². The number of aliphatic hydroxyl groups is 1. The molecule has 1 atom stereocenters. The fourth-order valence-corrected chi connectivity index (χ4v) is 4.34. The number of ketones is 1. The van der Waals surface area contributed by atoms with E-state index >= 15 is 0 Å². The second kappa shape index (κ2) is 8.92. The number of carbonyl (C=O) groups excluding carboxylic acids is 2. The van der Waals surface area contributed by atoms with Crippen LogP contribution in [0.1, 0.15) is 27.7 Å². The Labute approximate surface area is 196 Å². The molecule has 0 fully saturated rings. The summed E-state index contributed by atoms with van der Waals surface area (Å²) in [5.74, 6) is -1.31. The Balaban J connectivity index is 1.83. The molecule has 1 aromatic heterocycles. The Morgan fingerprint density at radius 1 is 1.24 bits per heavy atom. The molecule has 7 nitrogen and oxygen atoms in total. The molecule has 1 unspecified atom stereocenters. The lowest BCUT2D eigenvalue weighted by atomic mass is 9.92. The number of benzene rings is 2. The zero-order chi connectivity index (χ0) is 23.9. The van der Waals surface area contributed by atoms with Gasteiger partial charge in [0.15, 0.2) is 22.9 Å². The lowest BCUT2D eigenvalue weighted by Gasteiger charge is -2.28. The first-order valence-corrected chi connectivity index (χ1v) is 10.9. The summed E-state index contributed by atoms with van der Waals surface area (Å²) >= 11 is 6.15. The van der Waals surface area contributed by atoms with Crippen molar-refractivity contribution in [1.82, 2.24) is 9.80 Å². The number of Topliss-reactive ketones (excluding diaryl/α,β-unsaturated/α-hetero) is 1. The molecule has 0 bridgehead atoms. The van der Waals surface area contributed by atoms with E-state index < -0.39 is 23.5 Å². The fourth-order valence-electron chi connectivity index (χ4n) is 4.12. The number of rotatable bonds is 7. The van der Waals surface area contributed by atoms with E-state index in [2.05, 4.69) is 0 Å². The molecule has 33 heavy (non-hydrogen) atoms. The van der Waals surface area contributed by atoms with Crippen LogP contribution in [-0.2, 0) is 4.79 Å². The third-order valence-corrected chi connectivity index (χ3v) is 6.03. The van der Waals surface area contributed by atoms with Crippen LogP contribution in [0.2, 0.25) is 5.02 Å². The van der Waals surface area contributed by atoms with Gasteiger partial charge >= 0.3 is 0 Å². The molecule has 1 aliphatic rings. The number of halogens is 1. The van der Waals surface area contributed by atoms with E-state index in [-0.39, 0.29) is 11.3 Å². The van der Waals surface area contributed by atoms with E-state index in [1.165, 1.54) is 12.0 Å². The van der Waals surface area contributed by atoms with Gasteiger partial charge in [0.1, 0.15) is 0 Å². The van der Waals surface area contributed by atoms with Gasteiger partial charge < -0.3 is 24.1 Å². The molecule has 8 heteroatoms. The molecule has 1 amide bonds. The standard InChI is InChI=1S/C25H25ClN2O5/c1-14-7-5-6-8-17(14)21-20(23(30)25(31)28(21)10-9-27(2)3)22(29)18-12-15-11-16(26)13-19(32-4)24(15)33-18/h5-8,11-13,21,30H,9-10H2,1-4H3. The van der Waals surface area contributed by atoms with E-state index in [4.69, 9.17) is 20.8 Å². The second-order valence-corrected chi connectivity index (χ2v) is 8.73. The third kappa shape index (κ3) is 4.10. The predicted octanol–water partition coefficient (Wildman–Crippen LogP) is 4.54. The molecule has 172 valence electrons. The number of nitrogens with zero attached hydrogens (tertiary/aromatic N) is 2. The molecular formula is C25H25ClN2O5. The van der Waals surface area contributed by atoms with Gasteiger partial charge in [-0.1, -0.05) is 35.9 Å². The topological polar surface area (TPSA) is 83.2 Å². The summed E-state index contributed by atoms with van der Waals surface area (Å²) in [6, 6.07) is 11.6. The normalized spacial score (nSPS) is 16.4. The Hall–Kier alpha value is -3.29. The summed E-state index contributed by atoms with van der Waals surface area (Å²) < 4.78 is 11.2. The number of ether oxygens (including phenoxy) is 1. The summed E-state index contributed by atoms with van der Waals surface area (Å²) in [5, 5.41) is 11.9. The zero-order valence-electron chi connectivity index (χ0n) is 18.9. The second-order valence-electron chi connectivity index (χ2n) is 8.29. The highest BCUT2D eigenvalue weighted by Crippen LogP contribution is 2.41. The van der Waals surface area contributed by atoms with Gasteiger partial charge in [-0.3, -0.25) is 9.59 Å². The van der Waals surface area contributed by atoms with Crippen LogP contribution >= 0.6 is 11.6 Å². The SMILES string of the molecule is COc1cc(Cl)cc2cc(C(=O)C3=C(O)C(=O)N(CCN(C)C)C3c3ccccc3C)oc12. The molecule has 4 rings (SSSR count). The first-order chi connectivity index (χ1) is 15.7. The Kier molecular flexibility index (Phi) is 6.19. The minimum Gasteiger partial charge on any atom is -0.503 e. The molecule has 0 aliphatic carbocycles. The van der Waals surface area contributed by atoms with Crippen LogP contribution in [-0.4, -0.2) is 60.9 Å². The number of hydrogen-bond acceptors (Lipinski definition) is 6. The number of hydrogen-bond donors (Lipinski definition) is 1. The number of aryl methyl sites for hydroxylation is 1. The molecule has 2 heterocycles. The highest BCUT2D eigenvalue weighted by atomic mass is 35.5. The maximum Gasteiger partial charge on any atom is 0.290 e. The highest BCUT2D eigenvalue weighted by molar-refractivity contribution is 6.31. The number of furan rings is 1. The van der Waals surface area contributed by atoms with Gasteiger partial charge in [-0.05, 0) is 44.3 Å². The Morgan fingerprint density at radius 3 is 2.64 bits per heavy atom. The number of likely N-dealkylation sites (N-methyl/N-ethyl adjacent to an activating group) is 1. The zero-order valence-corrected chi connectivity index (χ0v) is 19.6. The maximum atomic E-state index is 13.7. The maximum absolute atomic E-state index is 13.7. The van der Waals surface area contributed by atoms with Crippen LogP contribution in [0, 0.1) is 6.92 Å². The average Bonchev–Trinajstić information content (AvgIpc) is 3.31. The molecule has 0 spiro atoms. The van der Waals surface area contributed by atoms with Crippen molar-refractivity contribution in [1.29, 1.82) is 0 Å². The molecule has 3 aromatic rings. The monoisotopic (exact) mass is 468 g/mol. The molecule has 0 saturated carbocycles. The molecule has 1 N–H and O–H groups in total. The molecule has 0 radical (unpaired) electrons. The quantitative estimate of drug-likeness (QED) is 0.512. The smallest absolute Gasteiger partial charge is 0.290 e. The number of methoxy groups -OCH3 is 1. The van der Waals surface area contributed by atoms with Crippen LogP contribution in [0.3, 0.4) is 0 Å². The Morgan fingerprint density at radius 2 is 1.97 bits per heavy atom. The van der Waals surface area contributed by atoms with Crippen molar-refractivity contribution in [3.05, 3.63) is 75.7 Å². The van der Waals surface area contributed by atoms with Crippen LogP contribution in [0.25, 0.3) is 11.0 Å². The summed E-state index contributed by atoms with van der Waals surface area (Å²) in [4.78, 5) is 30.2. The summed E-state index contributed by atoms with van der Waals surface area (Å²) in [7, 11) is 5.28. The molecule has 1 aliphatic heterocycles. The lowest BCUT2D eigenvalue weighted by molar-refractivity contribution is -0.129. The molecule has 2 aromatic carbocycles. The predicted molar refractivity (Wildman–Crippen MR) is 126 cm³/mol. The number of amides is 1. The number of fused-ring (bicyclic) bond motifs is 1.